The van der Waals surface area contributed by atoms with Crippen LogP contribution in [0.2, 0.25) is 0 Å². The molecule has 1 aliphatic rings. The maximum absolute atomic E-state index is 12.0. The number of nitrogens with one attached hydrogen (secondary N) is 1. The van der Waals surface area contributed by atoms with Gasteiger partial charge in [-0.2, -0.15) is 0 Å². The van der Waals surface area contributed by atoms with Crippen LogP contribution in [0.15, 0.2) is 10.6 Å². The van der Waals surface area contributed by atoms with Crippen molar-refractivity contribution < 1.29 is 12.9 Å². The van der Waals surface area contributed by atoms with Crippen molar-refractivity contribution >= 4 is 26.0 Å². The third-order valence-corrected chi connectivity index (χ3v) is 5.46. The number of nitrogens with zero attached hydrogens (tertiary/aromatic N) is 1. The molecule has 0 saturated heterocycles. The van der Waals surface area contributed by atoms with E-state index in [2.05, 4.69) is 25.8 Å². The van der Waals surface area contributed by atoms with E-state index in [1.807, 2.05) is 0 Å². The van der Waals surface area contributed by atoms with Gasteiger partial charge in [0.1, 0.15) is 17.2 Å². The number of alkyl halides is 1. The van der Waals surface area contributed by atoms with Crippen LogP contribution in [0.3, 0.4) is 0 Å². The highest BCUT2D eigenvalue weighted by Gasteiger charge is 2.27. The molecule has 1 aliphatic carbocycles. The molecule has 0 bridgehead atoms. The summed E-state index contributed by atoms with van der Waals surface area (Å²) >= 11 is 3.54. The molecular formula is C11H17BrN2O3S. The van der Waals surface area contributed by atoms with E-state index in [4.69, 9.17) is 4.52 Å². The van der Waals surface area contributed by atoms with Crippen LogP contribution in [0.1, 0.15) is 37.1 Å². The molecule has 1 N–H and O–H groups in total. The van der Waals surface area contributed by atoms with E-state index in [-0.39, 0.29) is 16.6 Å². The zero-order chi connectivity index (χ0) is 13.2. The van der Waals surface area contributed by atoms with Crippen molar-refractivity contribution in [1.29, 1.82) is 0 Å². The van der Waals surface area contributed by atoms with Gasteiger partial charge >= 0.3 is 0 Å². The summed E-state index contributed by atoms with van der Waals surface area (Å²) in [4.78, 5) is 0.222. The van der Waals surface area contributed by atoms with Gasteiger partial charge in [0.15, 0.2) is 0 Å². The minimum Gasteiger partial charge on any atom is -0.361 e. The molecule has 1 aromatic rings. The highest BCUT2D eigenvalue weighted by atomic mass is 79.9. The zero-order valence-electron chi connectivity index (χ0n) is 10.2. The molecule has 1 fully saturated rings. The molecule has 1 aromatic heterocycles. The van der Waals surface area contributed by atoms with Gasteiger partial charge < -0.3 is 4.52 Å². The van der Waals surface area contributed by atoms with E-state index in [0.717, 1.165) is 25.7 Å². The third-order valence-electron chi connectivity index (χ3n) is 3.03. The lowest BCUT2D eigenvalue weighted by atomic mass is 9.96. The van der Waals surface area contributed by atoms with Gasteiger partial charge in [-0.25, -0.2) is 13.1 Å². The Kier molecular flexibility index (Phi) is 4.45. The van der Waals surface area contributed by atoms with Crippen molar-refractivity contribution in [3.8, 4) is 0 Å². The molecule has 5 nitrogen and oxygen atoms in total. The Bertz CT molecular complexity index is 500. The second-order valence-corrected chi connectivity index (χ2v) is 7.64. The number of aromatic nitrogens is 1. The normalized spacial score (nSPS) is 25.2. The lowest BCUT2D eigenvalue weighted by molar-refractivity contribution is 0.391. The summed E-state index contributed by atoms with van der Waals surface area (Å²) in [5.74, 6) is 0.497. The highest BCUT2D eigenvalue weighted by Crippen LogP contribution is 2.25. The molecular weight excluding hydrogens is 320 g/mol. The maximum Gasteiger partial charge on any atom is 0.217 e. The number of hydrogen-bond donors (Lipinski definition) is 1. The second-order valence-electron chi connectivity index (χ2n) is 4.71. The van der Waals surface area contributed by atoms with Crippen LogP contribution in [-0.4, -0.2) is 24.4 Å². The summed E-state index contributed by atoms with van der Waals surface area (Å²) < 4.78 is 31.6. The number of rotatable bonds is 4. The van der Waals surface area contributed by atoms with Crippen molar-refractivity contribution in [2.24, 2.45) is 0 Å². The molecule has 2 unspecified atom stereocenters. The Balaban J connectivity index is 1.98. The summed E-state index contributed by atoms with van der Waals surface area (Å²) in [6.45, 7) is 1.74. The molecule has 0 aliphatic heterocycles. The average Bonchev–Trinajstić information content (AvgIpc) is 2.66. The summed E-state index contributed by atoms with van der Waals surface area (Å²) in [5, 5.41) is 3.71. The molecule has 7 heteroatoms. The van der Waals surface area contributed by atoms with Crippen LogP contribution in [-0.2, 0) is 15.8 Å². The van der Waals surface area contributed by atoms with Crippen molar-refractivity contribution in [2.45, 2.75) is 49.2 Å². The van der Waals surface area contributed by atoms with Crippen LogP contribution in [0, 0.1) is 6.92 Å². The van der Waals surface area contributed by atoms with Gasteiger partial charge in [-0.1, -0.05) is 33.9 Å². The van der Waals surface area contributed by atoms with Crippen molar-refractivity contribution in [3.05, 3.63) is 17.5 Å². The Morgan fingerprint density at radius 3 is 2.83 bits per heavy atom. The molecule has 1 heterocycles. The molecule has 2 atom stereocenters. The first kappa shape index (κ1) is 14.0. The third kappa shape index (κ3) is 3.80. The number of aryl methyl sites for hydroxylation is 1. The lowest BCUT2D eigenvalue weighted by Gasteiger charge is -2.27. The fourth-order valence-corrected chi connectivity index (χ4v) is 4.42. The predicted molar refractivity (Wildman–Crippen MR) is 72.0 cm³/mol. The average molecular weight is 337 g/mol. The fourth-order valence-electron chi connectivity index (χ4n) is 2.17. The largest absolute Gasteiger partial charge is 0.361 e. The van der Waals surface area contributed by atoms with Gasteiger partial charge in [0.25, 0.3) is 0 Å². The van der Waals surface area contributed by atoms with E-state index in [0.29, 0.717) is 11.5 Å². The first-order valence-corrected chi connectivity index (χ1v) is 8.59. The SMILES string of the molecule is Cc1cc(CS(=O)(=O)NC2CCCCC2Br)no1. The minimum absolute atomic E-state index is 0.0169. The lowest BCUT2D eigenvalue weighted by Crippen LogP contribution is -2.43. The fraction of sp³-hybridized carbons (Fsp3) is 0.727. The number of hydrogen-bond acceptors (Lipinski definition) is 4. The highest BCUT2D eigenvalue weighted by molar-refractivity contribution is 9.09. The van der Waals surface area contributed by atoms with Gasteiger partial charge in [0.2, 0.25) is 10.0 Å². The maximum atomic E-state index is 12.0. The summed E-state index contributed by atoms with van der Waals surface area (Å²) in [7, 11) is -3.36. The van der Waals surface area contributed by atoms with Crippen LogP contribution >= 0.6 is 15.9 Å². The van der Waals surface area contributed by atoms with E-state index < -0.39 is 10.0 Å². The molecule has 1 saturated carbocycles. The monoisotopic (exact) mass is 336 g/mol. The topological polar surface area (TPSA) is 72.2 Å². The minimum atomic E-state index is -3.36. The molecule has 2 rings (SSSR count). The van der Waals surface area contributed by atoms with E-state index in [1.165, 1.54) is 0 Å². The molecule has 0 radical (unpaired) electrons. The predicted octanol–water partition coefficient (Wildman–Crippen LogP) is 2.11. The molecule has 0 amide bonds. The van der Waals surface area contributed by atoms with Gasteiger partial charge in [-0.05, 0) is 19.8 Å². The Hall–Kier alpha value is -0.400. The molecule has 0 aromatic carbocycles. The molecule has 18 heavy (non-hydrogen) atoms. The van der Waals surface area contributed by atoms with Crippen LogP contribution < -0.4 is 4.72 Å². The Morgan fingerprint density at radius 2 is 2.22 bits per heavy atom. The number of halogens is 1. The van der Waals surface area contributed by atoms with E-state index >= 15 is 0 Å². The Morgan fingerprint density at radius 1 is 1.50 bits per heavy atom. The molecule has 102 valence electrons. The number of sulfonamides is 1. The quantitative estimate of drug-likeness (QED) is 0.854. The smallest absolute Gasteiger partial charge is 0.217 e. The summed E-state index contributed by atoms with van der Waals surface area (Å²) in [5.41, 5.74) is 0.446. The van der Waals surface area contributed by atoms with Crippen LogP contribution in [0.5, 0.6) is 0 Å². The zero-order valence-corrected chi connectivity index (χ0v) is 12.6. The van der Waals surface area contributed by atoms with Crippen LogP contribution in [0.4, 0.5) is 0 Å². The van der Waals surface area contributed by atoms with E-state index in [1.54, 1.807) is 13.0 Å². The first-order valence-electron chi connectivity index (χ1n) is 6.02. The van der Waals surface area contributed by atoms with Crippen molar-refractivity contribution in [2.75, 3.05) is 0 Å². The standard InChI is InChI=1S/C11H17BrN2O3S/c1-8-6-9(13-17-8)7-18(15,16)14-11-5-3-2-4-10(11)12/h6,10-11,14H,2-5,7H2,1H3. The van der Waals surface area contributed by atoms with Gasteiger partial charge in [-0.15, -0.1) is 0 Å². The van der Waals surface area contributed by atoms with Gasteiger partial charge in [-0.3, -0.25) is 0 Å². The Labute approximate surface area is 115 Å². The first-order chi connectivity index (χ1) is 8.46. The van der Waals surface area contributed by atoms with Gasteiger partial charge in [0, 0.05) is 16.9 Å². The van der Waals surface area contributed by atoms with Gasteiger partial charge in [0.05, 0.1) is 0 Å². The van der Waals surface area contributed by atoms with Crippen molar-refractivity contribution in [3.63, 3.8) is 0 Å². The summed E-state index contributed by atoms with van der Waals surface area (Å²) in [6.07, 6.45) is 4.11. The van der Waals surface area contributed by atoms with E-state index in [9.17, 15) is 8.42 Å². The summed E-state index contributed by atoms with van der Waals surface area (Å²) in [6, 6.07) is 1.63. The van der Waals surface area contributed by atoms with Crippen molar-refractivity contribution in [1.82, 2.24) is 9.88 Å². The second kappa shape index (κ2) is 5.71. The molecule has 0 spiro atoms. The van der Waals surface area contributed by atoms with Crippen LogP contribution in [0.25, 0.3) is 0 Å².